The van der Waals surface area contributed by atoms with Gasteiger partial charge in [0, 0.05) is 17.3 Å². The van der Waals surface area contributed by atoms with Crippen molar-refractivity contribution in [2.45, 2.75) is 6.92 Å². The van der Waals surface area contributed by atoms with Crippen molar-refractivity contribution < 1.29 is 19.1 Å². The molecule has 0 saturated heterocycles. The average molecular weight is 264 g/mol. The first kappa shape index (κ1) is 14.6. The summed E-state index contributed by atoms with van der Waals surface area (Å²) >= 11 is 0. The number of hydrazine groups is 1. The van der Waals surface area contributed by atoms with Gasteiger partial charge in [-0.2, -0.15) is 0 Å². The number of methoxy groups -OCH3 is 2. The number of hydrogen-bond donors (Lipinski definition) is 2. The molecule has 0 radical (unpaired) electrons. The van der Waals surface area contributed by atoms with Crippen LogP contribution in [0.25, 0.3) is 0 Å². The van der Waals surface area contributed by atoms with Gasteiger partial charge in [-0.1, -0.05) is 0 Å². The van der Waals surface area contributed by atoms with Gasteiger partial charge < -0.3 is 14.9 Å². The van der Waals surface area contributed by atoms with Crippen molar-refractivity contribution >= 4 is 11.9 Å². The Bertz CT molecular complexity index is 480. The van der Waals surface area contributed by atoms with E-state index in [0.717, 1.165) is 0 Å². The van der Waals surface area contributed by atoms with Gasteiger partial charge in [0.25, 0.3) is 5.91 Å². The van der Waals surface area contributed by atoms with Crippen molar-refractivity contribution in [2.24, 2.45) is 0 Å². The quantitative estimate of drug-likeness (QED) is 0.471. The Kier molecular flexibility index (Phi) is 5.40. The van der Waals surface area contributed by atoms with Crippen LogP contribution in [0.1, 0.15) is 17.3 Å². The minimum absolute atomic E-state index is 0.319. The highest BCUT2D eigenvalue weighted by molar-refractivity contribution is 5.94. The third-order valence-electron chi connectivity index (χ3n) is 2.26. The lowest BCUT2D eigenvalue weighted by atomic mass is 10.2. The van der Waals surface area contributed by atoms with Crippen molar-refractivity contribution in [1.82, 2.24) is 10.9 Å². The van der Waals surface area contributed by atoms with Crippen LogP contribution in [0.2, 0.25) is 0 Å². The van der Waals surface area contributed by atoms with Crippen LogP contribution in [-0.2, 0) is 9.53 Å². The fraction of sp³-hybridized carbons (Fsp3) is 0.231. The number of carbonyl (C=O) groups excluding carboxylic acids is 2. The van der Waals surface area contributed by atoms with E-state index in [1.54, 1.807) is 38.3 Å². The van der Waals surface area contributed by atoms with Crippen LogP contribution in [0.15, 0.2) is 36.0 Å². The molecule has 0 spiro atoms. The maximum Gasteiger partial charge on any atom is 0.332 e. The summed E-state index contributed by atoms with van der Waals surface area (Å²) in [5.41, 5.74) is 6.00. The van der Waals surface area contributed by atoms with Crippen molar-refractivity contribution in [3.05, 3.63) is 41.6 Å². The van der Waals surface area contributed by atoms with Gasteiger partial charge >= 0.3 is 5.97 Å². The van der Waals surface area contributed by atoms with Crippen molar-refractivity contribution in [1.29, 1.82) is 0 Å². The molecular weight excluding hydrogens is 248 g/mol. The molecule has 1 amide bonds. The van der Waals surface area contributed by atoms with Crippen LogP contribution in [0, 0.1) is 0 Å². The summed E-state index contributed by atoms with van der Waals surface area (Å²) in [4.78, 5) is 22.7. The van der Waals surface area contributed by atoms with Crippen molar-refractivity contribution in [2.75, 3.05) is 14.2 Å². The van der Waals surface area contributed by atoms with E-state index in [-0.39, 0.29) is 5.91 Å². The van der Waals surface area contributed by atoms with E-state index in [9.17, 15) is 9.59 Å². The summed E-state index contributed by atoms with van der Waals surface area (Å²) in [6, 6.07) is 6.64. The van der Waals surface area contributed by atoms with Gasteiger partial charge in [0.1, 0.15) is 5.75 Å². The minimum atomic E-state index is -0.497. The van der Waals surface area contributed by atoms with Crippen molar-refractivity contribution in [3.8, 4) is 5.75 Å². The number of allylic oxidation sites excluding steroid dienone is 1. The number of rotatable bonds is 5. The fourth-order valence-electron chi connectivity index (χ4n) is 1.24. The second-order valence-corrected chi connectivity index (χ2v) is 3.66. The summed E-state index contributed by atoms with van der Waals surface area (Å²) in [5.74, 6) is -0.143. The lowest BCUT2D eigenvalue weighted by Gasteiger charge is -2.08. The van der Waals surface area contributed by atoms with Crippen LogP contribution in [0.3, 0.4) is 0 Å². The highest BCUT2D eigenvalue weighted by Gasteiger charge is 2.05. The maximum absolute atomic E-state index is 11.7. The number of benzene rings is 1. The summed E-state index contributed by atoms with van der Waals surface area (Å²) in [6.45, 7) is 1.63. The molecule has 0 fully saturated rings. The SMILES string of the molecule is COC(=O)/C=C(/C)NNC(=O)c1ccc(OC)cc1. The van der Waals surface area contributed by atoms with Crippen LogP contribution in [-0.4, -0.2) is 26.1 Å². The van der Waals surface area contributed by atoms with E-state index in [0.29, 0.717) is 17.0 Å². The van der Waals surface area contributed by atoms with E-state index < -0.39 is 5.97 Å². The third kappa shape index (κ3) is 4.71. The Labute approximate surface area is 111 Å². The first-order valence-electron chi connectivity index (χ1n) is 5.53. The maximum atomic E-state index is 11.7. The number of hydrogen-bond acceptors (Lipinski definition) is 5. The van der Waals surface area contributed by atoms with E-state index in [2.05, 4.69) is 15.6 Å². The highest BCUT2D eigenvalue weighted by Crippen LogP contribution is 2.10. The Morgan fingerprint density at radius 1 is 1.11 bits per heavy atom. The largest absolute Gasteiger partial charge is 0.497 e. The Morgan fingerprint density at radius 3 is 2.26 bits per heavy atom. The first-order valence-corrected chi connectivity index (χ1v) is 5.53. The molecule has 6 heteroatoms. The molecule has 1 aromatic carbocycles. The Morgan fingerprint density at radius 2 is 1.74 bits per heavy atom. The predicted octanol–water partition coefficient (Wildman–Crippen LogP) is 1.01. The van der Waals surface area contributed by atoms with E-state index in [1.165, 1.54) is 13.2 Å². The zero-order chi connectivity index (χ0) is 14.3. The van der Waals surface area contributed by atoms with Gasteiger partial charge in [0.05, 0.1) is 14.2 Å². The summed E-state index contributed by atoms with van der Waals surface area (Å²) in [5, 5.41) is 0. The van der Waals surface area contributed by atoms with Crippen LogP contribution < -0.4 is 15.6 Å². The number of esters is 1. The molecular formula is C13H16N2O4. The molecule has 0 bridgehead atoms. The molecule has 0 atom stereocenters. The second kappa shape index (κ2) is 7.05. The summed E-state index contributed by atoms with van der Waals surface area (Å²) < 4.78 is 9.45. The zero-order valence-electron chi connectivity index (χ0n) is 11.0. The molecule has 0 aromatic heterocycles. The molecule has 0 aliphatic rings. The lowest BCUT2D eigenvalue weighted by molar-refractivity contribution is -0.134. The molecule has 0 heterocycles. The summed E-state index contributed by atoms with van der Waals surface area (Å²) in [7, 11) is 2.83. The third-order valence-corrected chi connectivity index (χ3v) is 2.26. The van der Waals surface area contributed by atoms with E-state index in [4.69, 9.17) is 4.74 Å². The lowest BCUT2D eigenvalue weighted by Crippen LogP contribution is -2.36. The van der Waals surface area contributed by atoms with Gasteiger partial charge in [0.2, 0.25) is 0 Å². The molecule has 0 unspecified atom stereocenters. The number of ether oxygens (including phenoxy) is 2. The average Bonchev–Trinajstić information content (AvgIpc) is 2.44. The molecule has 6 nitrogen and oxygen atoms in total. The van der Waals surface area contributed by atoms with E-state index in [1.807, 2.05) is 0 Å². The smallest absolute Gasteiger partial charge is 0.332 e. The van der Waals surface area contributed by atoms with Crippen LogP contribution in [0.5, 0.6) is 5.75 Å². The molecule has 1 aromatic rings. The number of nitrogens with one attached hydrogen (secondary N) is 2. The predicted molar refractivity (Wildman–Crippen MR) is 69.4 cm³/mol. The molecule has 0 aliphatic heterocycles. The molecule has 19 heavy (non-hydrogen) atoms. The highest BCUT2D eigenvalue weighted by atomic mass is 16.5. The Hall–Kier alpha value is -2.50. The molecule has 0 aliphatic carbocycles. The van der Waals surface area contributed by atoms with Gasteiger partial charge in [0.15, 0.2) is 0 Å². The first-order chi connectivity index (χ1) is 9.06. The van der Waals surface area contributed by atoms with E-state index >= 15 is 0 Å². The van der Waals surface area contributed by atoms with Gasteiger partial charge in [-0.05, 0) is 31.2 Å². The van der Waals surface area contributed by atoms with Crippen molar-refractivity contribution in [3.63, 3.8) is 0 Å². The minimum Gasteiger partial charge on any atom is -0.497 e. The summed E-state index contributed by atoms with van der Waals surface area (Å²) in [6.07, 6.45) is 1.23. The van der Waals surface area contributed by atoms with Crippen LogP contribution in [0.4, 0.5) is 0 Å². The molecule has 102 valence electrons. The number of carbonyl (C=O) groups is 2. The normalized spacial score (nSPS) is 10.6. The Balaban J connectivity index is 2.55. The van der Waals surface area contributed by atoms with Gasteiger partial charge in [-0.25, -0.2) is 4.79 Å². The molecule has 2 N–H and O–H groups in total. The topological polar surface area (TPSA) is 76.7 Å². The van der Waals surface area contributed by atoms with Crippen LogP contribution >= 0.6 is 0 Å². The standard InChI is InChI=1S/C13H16N2O4/c1-9(8-12(16)19-3)14-15-13(17)10-4-6-11(18-2)7-5-10/h4-8,14H,1-3H3,(H,15,17)/b9-8-. The second-order valence-electron chi connectivity index (χ2n) is 3.66. The van der Waals surface area contributed by atoms with Gasteiger partial charge in [-0.3, -0.25) is 10.2 Å². The number of amides is 1. The molecule has 1 rings (SSSR count). The molecule has 0 saturated carbocycles. The van der Waals surface area contributed by atoms with Gasteiger partial charge in [-0.15, -0.1) is 0 Å². The fourth-order valence-corrected chi connectivity index (χ4v) is 1.24. The zero-order valence-corrected chi connectivity index (χ0v) is 11.0. The monoisotopic (exact) mass is 264 g/mol.